The first-order valence-corrected chi connectivity index (χ1v) is 11.3. The first-order valence-electron chi connectivity index (χ1n) is 11.3. The lowest BCUT2D eigenvalue weighted by molar-refractivity contribution is -0.140. The Kier molecular flexibility index (Phi) is 7.57. The van der Waals surface area contributed by atoms with Crippen molar-refractivity contribution in [3.05, 3.63) is 65.3 Å². The molecule has 0 radical (unpaired) electrons. The number of rotatable bonds is 7. The van der Waals surface area contributed by atoms with Crippen LogP contribution in [-0.4, -0.2) is 44.0 Å². The highest BCUT2D eigenvalue weighted by atomic mass is 16.6. The lowest BCUT2D eigenvalue weighted by atomic mass is 9.69. The quantitative estimate of drug-likeness (QED) is 0.438. The Balaban J connectivity index is 1.75. The molecule has 33 heavy (non-hydrogen) atoms. The van der Waals surface area contributed by atoms with Gasteiger partial charge in [-0.15, -0.1) is 0 Å². The fourth-order valence-corrected chi connectivity index (χ4v) is 4.26. The fourth-order valence-electron chi connectivity index (χ4n) is 4.26. The molecule has 1 aliphatic heterocycles. The summed E-state index contributed by atoms with van der Waals surface area (Å²) >= 11 is 0. The molecule has 0 bridgehead atoms. The van der Waals surface area contributed by atoms with Crippen molar-refractivity contribution >= 4 is 23.4 Å². The average molecular weight is 452 g/mol. The van der Waals surface area contributed by atoms with Crippen molar-refractivity contribution in [2.75, 3.05) is 19.0 Å². The minimum Gasteiger partial charge on any atom is -0.457 e. The molecule has 0 amide bonds. The Morgan fingerprint density at radius 2 is 1.88 bits per heavy atom. The lowest BCUT2D eigenvalue weighted by Crippen LogP contribution is -2.43. The van der Waals surface area contributed by atoms with Crippen molar-refractivity contribution in [1.82, 2.24) is 0 Å². The van der Waals surface area contributed by atoms with Crippen LogP contribution in [0, 0.1) is 5.41 Å². The summed E-state index contributed by atoms with van der Waals surface area (Å²) in [5.74, 6) is -1.02. The number of carbonyl (C=O) groups is 3. The van der Waals surface area contributed by atoms with Gasteiger partial charge in [-0.1, -0.05) is 17.2 Å². The van der Waals surface area contributed by atoms with Crippen LogP contribution in [-0.2, 0) is 19.1 Å². The van der Waals surface area contributed by atoms with Crippen LogP contribution in [0.3, 0.4) is 0 Å². The minimum absolute atomic E-state index is 0.00975. The van der Waals surface area contributed by atoms with Crippen LogP contribution in [0.25, 0.3) is 0 Å². The third-order valence-electron chi connectivity index (χ3n) is 6.19. The van der Waals surface area contributed by atoms with E-state index in [1.54, 1.807) is 18.2 Å². The Morgan fingerprint density at radius 3 is 2.52 bits per heavy atom. The molecule has 1 aromatic rings. The molecule has 3 atom stereocenters. The molecule has 1 saturated heterocycles. The number of cyclic esters (lactones) is 1. The highest BCUT2D eigenvalue weighted by Crippen LogP contribution is 2.45. The van der Waals surface area contributed by atoms with Crippen LogP contribution < -0.4 is 4.90 Å². The van der Waals surface area contributed by atoms with E-state index < -0.39 is 29.6 Å². The number of esters is 2. The second-order valence-electron chi connectivity index (χ2n) is 9.39. The van der Waals surface area contributed by atoms with Crippen molar-refractivity contribution in [3.8, 4) is 0 Å². The van der Waals surface area contributed by atoms with Gasteiger partial charge >= 0.3 is 11.9 Å². The van der Waals surface area contributed by atoms with Gasteiger partial charge in [0.1, 0.15) is 12.2 Å². The second kappa shape index (κ2) is 10.2. The smallest absolute Gasteiger partial charge is 0.338 e. The van der Waals surface area contributed by atoms with Crippen molar-refractivity contribution in [2.24, 2.45) is 5.41 Å². The summed E-state index contributed by atoms with van der Waals surface area (Å²) in [6, 6.07) is 7.13. The lowest BCUT2D eigenvalue weighted by Gasteiger charge is -2.34. The van der Waals surface area contributed by atoms with Crippen LogP contribution in [0.1, 0.15) is 56.8 Å². The van der Waals surface area contributed by atoms with E-state index in [0.29, 0.717) is 5.56 Å². The van der Waals surface area contributed by atoms with Gasteiger partial charge in [0.2, 0.25) is 0 Å². The van der Waals surface area contributed by atoms with E-state index in [1.165, 1.54) is 11.6 Å². The molecule has 1 aliphatic carbocycles. The second-order valence-corrected chi connectivity index (χ2v) is 9.39. The van der Waals surface area contributed by atoms with E-state index in [0.717, 1.165) is 24.1 Å². The van der Waals surface area contributed by atoms with Crippen LogP contribution in [0.4, 0.5) is 5.69 Å². The predicted octanol–water partition coefficient (Wildman–Crippen LogP) is 4.80. The number of hydrogen-bond donors (Lipinski definition) is 0. The molecule has 1 fully saturated rings. The van der Waals surface area contributed by atoms with Gasteiger partial charge in [0.15, 0.2) is 5.78 Å². The summed E-state index contributed by atoms with van der Waals surface area (Å²) < 4.78 is 11.3. The maximum absolute atomic E-state index is 13.0. The summed E-state index contributed by atoms with van der Waals surface area (Å²) in [7, 11) is 3.85. The van der Waals surface area contributed by atoms with Gasteiger partial charge in [-0.2, -0.15) is 0 Å². The molecule has 3 rings (SSSR count). The van der Waals surface area contributed by atoms with E-state index in [9.17, 15) is 14.4 Å². The number of allylic oxidation sites excluding steroid dienone is 4. The van der Waals surface area contributed by atoms with E-state index >= 15 is 0 Å². The van der Waals surface area contributed by atoms with Crippen molar-refractivity contribution in [2.45, 2.75) is 58.7 Å². The number of carbonyl (C=O) groups excluding carboxylic acids is 3. The zero-order chi connectivity index (χ0) is 24.2. The molecule has 2 aliphatic rings. The van der Waals surface area contributed by atoms with Gasteiger partial charge in [0, 0.05) is 26.2 Å². The summed E-state index contributed by atoms with van der Waals surface area (Å²) in [5.41, 5.74) is 2.68. The van der Waals surface area contributed by atoms with E-state index in [2.05, 4.69) is 19.9 Å². The number of benzene rings is 1. The number of ether oxygens (including phenoxy) is 2. The first kappa shape index (κ1) is 24.5. The molecule has 1 spiro atoms. The van der Waals surface area contributed by atoms with Crippen molar-refractivity contribution in [1.29, 1.82) is 0 Å². The topological polar surface area (TPSA) is 72.9 Å². The third-order valence-corrected chi connectivity index (χ3v) is 6.19. The number of hydrogen-bond acceptors (Lipinski definition) is 6. The Bertz CT molecular complexity index is 998. The molecule has 0 aromatic heterocycles. The number of anilines is 1. The highest BCUT2D eigenvalue weighted by Gasteiger charge is 2.55. The molecule has 176 valence electrons. The van der Waals surface area contributed by atoms with Crippen molar-refractivity contribution in [3.63, 3.8) is 0 Å². The Labute approximate surface area is 195 Å². The number of ketones is 1. The largest absolute Gasteiger partial charge is 0.457 e. The predicted molar refractivity (Wildman–Crippen MR) is 128 cm³/mol. The molecule has 6 heteroatoms. The van der Waals surface area contributed by atoms with Crippen molar-refractivity contribution < 1.29 is 23.9 Å². The first-order chi connectivity index (χ1) is 15.6. The van der Waals surface area contributed by atoms with Crippen LogP contribution in [0.15, 0.2) is 59.7 Å². The van der Waals surface area contributed by atoms with Crippen LogP contribution in [0.2, 0.25) is 0 Å². The minimum atomic E-state index is -1.04. The molecule has 6 nitrogen and oxygen atoms in total. The van der Waals surface area contributed by atoms with Gasteiger partial charge in [-0.3, -0.25) is 9.59 Å². The van der Waals surface area contributed by atoms with E-state index in [-0.39, 0.29) is 18.6 Å². The van der Waals surface area contributed by atoms with Gasteiger partial charge < -0.3 is 14.4 Å². The normalized spacial score (nSPS) is 24.6. The monoisotopic (exact) mass is 451 g/mol. The van der Waals surface area contributed by atoms with Crippen LogP contribution >= 0.6 is 0 Å². The maximum Gasteiger partial charge on any atom is 0.338 e. The van der Waals surface area contributed by atoms with Gasteiger partial charge in [0.05, 0.1) is 17.4 Å². The Hall–Kier alpha value is -3.15. The van der Waals surface area contributed by atoms with Crippen LogP contribution in [0.5, 0.6) is 0 Å². The number of nitrogens with zero attached hydrogens (tertiary/aromatic N) is 1. The molecule has 0 N–H and O–H groups in total. The summed E-state index contributed by atoms with van der Waals surface area (Å²) in [6.45, 7) is 6.09. The standard InChI is InChI=1S/C27H33NO5/c1-18(2)7-6-8-19(3)15-24-27(17-25(30)33-24)16-22(13-14-23(27)29)32-26(31)20-9-11-21(12-10-20)28(4)5/h7,9-15,22,24H,6,8,16-17H2,1-5H3/b19-15+/t22-,24-,27?/m1/s1. The van der Waals surface area contributed by atoms with Gasteiger partial charge in [-0.25, -0.2) is 4.79 Å². The van der Waals surface area contributed by atoms with E-state index in [1.807, 2.05) is 44.1 Å². The summed E-state index contributed by atoms with van der Waals surface area (Å²) in [6.07, 6.45) is 7.72. The maximum atomic E-state index is 13.0. The Morgan fingerprint density at radius 1 is 1.18 bits per heavy atom. The van der Waals surface area contributed by atoms with E-state index in [4.69, 9.17) is 9.47 Å². The van der Waals surface area contributed by atoms with Gasteiger partial charge in [0.25, 0.3) is 0 Å². The zero-order valence-corrected chi connectivity index (χ0v) is 20.1. The average Bonchev–Trinajstić information content (AvgIpc) is 3.05. The molecule has 1 unspecified atom stereocenters. The summed E-state index contributed by atoms with van der Waals surface area (Å²) in [4.78, 5) is 39.9. The molecule has 1 heterocycles. The molecule has 0 saturated carbocycles. The summed E-state index contributed by atoms with van der Waals surface area (Å²) in [5, 5.41) is 0. The highest BCUT2D eigenvalue weighted by molar-refractivity contribution is 6.00. The SMILES string of the molecule is CC(C)=CCC/C(C)=C/[C@H]1OC(=O)CC12C[C@H](OC(=O)c1ccc(N(C)C)cc1)C=CC2=O. The molecular formula is C27H33NO5. The van der Waals surface area contributed by atoms with Gasteiger partial charge in [-0.05, 0) is 76.1 Å². The zero-order valence-electron chi connectivity index (χ0n) is 20.1. The fraction of sp³-hybridized carbons (Fsp3) is 0.444. The third kappa shape index (κ3) is 5.81. The molecular weight excluding hydrogens is 418 g/mol. The molecule has 1 aromatic carbocycles.